The monoisotopic (exact) mass is 247 g/mol. The van der Waals surface area contributed by atoms with Gasteiger partial charge in [0.15, 0.2) is 0 Å². The Kier molecular flexibility index (Phi) is 3.97. The molecule has 0 saturated heterocycles. The highest BCUT2D eigenvalue weighted by atomic mass is 16.4. The van der Waals surface area contributed by atoms with Crippen molar-refractivity contribution in [3.63, 3.8) is 0 Å². The van der Waals surface area contributed by atoms with Crippen molar-refractivity contribution in [2.24, 2.45) is 0 Å². The van der Waals surface area contributed by atoms with Crippen LogP contribution in [-0.4, -0.2) is 17.0 Å². The molecule has 2 rings (SSSR count). The number of rotatable bonds is 6. The van der Waals surface area contributed by atoms with E-state index in [2.05, 4.69) is 11.4 Å². The van der Waals surface area contributed by atoms with E-state index in [9.17, 15) is 9.59 Å². The topological polar surface area (TPSA) is 66.4 Å². The quantitative estimate of drug-likeness (QED) is 0.758. The minimum atomic E-state index is -0.725. The molecule has 0 spiro atoms. The first kappa shape index (κ1) is 12.6. The third-order valence-electron chi connectivity index (χ3n) is 3.15. The van der Waals surface area contributed by atoms with Gasteiger partial charge in [0.2, 0.25) is 5.91 Å². The predicted molar refractivity (Wildman–Crippen MR) is 68.6 cm³/mol. The van der Waals surface area contributed by atoms with E-state index in [1.54, 1.807) is 0 Å². The molecule has 2 N–H and O–H groups in total. The molecular weight excluding hydrogens is 230 g/mol. The van der Waals surface area contributed by atoms with E-state index in [4.69, 9.17) is 5.11 Å². The third-order valence-corrected chi connectivity index (χ3v) is 3.15. The molecule has 0 aromatic heterocycles. The van der Waals surface area contributed by atoms with E-state index in [0.29, 0.717) is 6.42 Å². The third kappa shape index (κ3) is 3.32. The Morgan fingerprint density at radius 3 is 2.89 bits per heavy atom. The van der Waals surface area contributed by atoms with Gasteiger partial charge in [-0.1, -0.05) is 18.6 Å². The van der Waals surface area contributed by atoms with Crippen LogP contribution < -0.4 is 5.32 Å². The molecule has 4 nitrogen and oxygen atoms in total. The lowest BCUT2D eigenvalue weighted by molar-refractivity contribution is -0.137. The Labute approximate surface area is 106 Å². The number of carboxylic acids is 1. The molecule has 0 radical (unpaired) electrons. The fourth-order valence-corrected chi connectivity index (χ4v) is 2.22. The first-order valence-electron chi connectivity index (χ1n) is 6.28. The van der Waals surface area contributed by atoms with E-state index < -0.39 is 5.97 Å². The number of fused-ring (bicyclic) bond motifs is 1. The highest BCUT2D eigenvalue weighted by molar-refractivity contribution is 5.99. The number of carboxylic acid groups (broad SMARTS) is 1. The molecular formula is C14H17NO3. The van der Waals surface area contributed by atoms with Crippen LogP contribution in [0.4, 0.5) is 5.69 Å². The maximum Gasteiger partial charge on any atom is 0.303 e. The van der Waals surface area contributed by atoms with Gasteiger partial charge in [0, 0.05) is 12.1 Å². The SMILES string of the molecule is O=C(O)CCCCCc1ccc2c(c1)CC(=O)N2. The highest BCUT2D eigenvalue weighted by Crippen LogP contribution is 2.24. The lowest BCUT2D eigenvalue weighted by Gasteiger charge is -2.04. The summed E-state index contributed by atoms with van der Waals surface area (Å²) in [5.74, 6) is -0.666. The minimum Gasteiger partial charge on any atom is -0.481 e. The van der Waals surface area contributed by atoms with Gasteiger partial charge in [-0.15, -0.1) is 0 Å². The van der Waals surface area contributed by atoms with Crippen LogP contribution in [0.5, 0.6) is 0 Å². The number of benzene rings is 1. The van der Waals surface area contributed by atoms with Crippen molar-refractivity contribution in [1.29, 1.82) is 0 Å². The number of hydrogen-bond donors (Lipinski definition) is 2. The van der Waals surface area contributed by atoms with Crippen molar-refractivity contribution in [2.75, 3.05) is 5.32 Å². The number of anilines is 1. The molecule has 0 fully saturated rings. The van der Waals surface area contributed by atoms with Gasteiger partial charge < -0.3 is 10.4 Å². The lowest BCUT2D eigenvalue weighted by atomic mass is 10.0. The van der Waals surface area contributed by atoms with Crippen LogP contribution in [0.2, 0.25) is 0 Å². The zero-order valence-electron chi connectivity index (χ0n) is 10.2. The second-order valence-corrected chi connectivity index (χ2v) is 4.67. The molecule has 1 heterocycles. The maximum atomic E-state index is 11.2. The maximum absolute atomic E-state index is 11.2. The fraction of sp³-hybridized carbons (Fsp3) is 0.429. The zero-order chi connectivity index (χ0) is 13.0. The van der Waals surface area contributed by atoms with Crippen molar-refractivity contribution in [3.8, 4) is 0 Å². The van der Waals surface area contributed by atoms with Crippen LogP contribution in [0.3, 0.4) is 0 Å². The number of unbranched alkanes of at least 4 members (excludes halogenated alkanes) is 2. The van der Waals surface area contributed by atoms with Crippen LogP contribution in [0, 0.1) is 0 Å². The molecule has 0 bridgehead atoms. The molecule has 1 aromatic carbocycles. The zero-order valence-corrected chi connectivity index (χ0v) is 10.2. The number of hydrogen-bond acceptors (Lipinski definition) is 2. The van der Waals surface area contributed by atoms with E-state index in [1.165, 1.54) is 5.56 Å². The molecule has 1 aromatic rings. The molecule has 18 heavy (non-hydrogen) atoms. The molecule has 1 aliphatic rings. The summed E-state index contributed by atoms with van der Waals surface area (Å²) >= 11 is 0. The van der Waals surface area contributed by atoms with E-state index >= 15 is 0 Å². The Bertz CT molecular complexity index is 468. The average molecular weight is 247 g/mol. The lowest BCUT2D eigenvalue weighted by Crippen LogP contribution is -2.03. The molecule has 0 aliphatic carbocycles. The van der Waals surface area contributed by atoms with Gasteiger partial charge in [0.1, 0.15) is 0 Å². The number of amides is 1. The van der Waals surface area contributed by atoms with Gasteiger partial charge in [0.05, 0.1) is 6.42 Å². The van der Waals surface area contributed by atoms with Gasteiger partial charge in [-0.25, -0.2) is 0 Å². The number of aliphatic carboxylic acids is 1. The molecule has 1 amide bonds. The number of carbonyl (C=O) groups excluding carboxylic acids is 1. The van der Waals surface area contributed by atoms with E-state index in [1.807, 2.05) is 12.1 Å². The van der Waals surface area contributed by atoms with Crippen molar-refractivity contribution in [1.82, 2.24) is 0 Å². The molecule has 0 saturated carbocycles. The van der Waals surface area contributed by atoms with Crippen molar-refractivity contribution in [2.45, 2.75) is 38.5 Å². The summed E-state index contributed by atoms with van der Waals surface area (Å²) in [6, 6.07) is 6.05. The molecule has 0 atom stereocenters. The van der Waals surface area contributed by atoms with E-state index in [-0.39, 0.29) is 12.3 Å². The van der Waals surface area contributed by atoms with E-state index in [0.717, 1.165) is 36.9 Å². The summed E-state index contributed by atoms with van der Waals surface area (Å²) < 4.78 is 0. The molecule has 96 valence electrons. The average Bonchev–Trinajstić information content (AvgIpc) is 2.67. The minimum absolute atomic E-state index is 0.0589. The van der Waals surface area contributed by atoms with Crippen molar-refractivity contribution < 1.29 is 14.7 Å². The second kappa shape index (κ2) is 5.67. The summed E-state index contributed by atoms with van der Waals surface area (Å²) in [5, 5.41) is 11.3. The summed E-state index contributed by atoms with van der Waals surface area (Å²) in [6.07, 6.45) is 4.33. The largest absolute Gasteiger partial charge is 0.481 e. The fourth-order valence-electron chi connectivity index (χ4n) is 2.22. The summed E-state index contributed by atoms with van der Waals surface area (Å²) in [7, 11) is 0. The summed E-state index contributed by atoms with van der Waals surface area (Å²) in [6.45, 7) is 0. The van der Waals surface area contributed by atoms with Crippen LogP contribution in [-0.2, 0) is 22.4 Å². The Balaban J connectivity index is 1.79. The highest BCUT2D eigenvalue weighted by Gasteiger charge is 2.17. The van der Waals surface area contributed by atoms with Crippen LogP contribution in [0.25, 0.3) is 0 Å². The Morgan fingerprint density at radius 2 is 2.11 bits per heavy atom. The molecule has 1 aliphatic heterocycles. The molecule has 4 heteroatoms. The second-order valence-electron chi connectivity index (χ2n) is 4.67. The Hall–Kier alpha value is -1.84. The van der Waals surface area contributed by atoms with Gasteiger partial charge in [0.25, 0.3) is 0 Å². The normalized spacial score (nSPS) is 13.2. The summed E-state index contributed by atoms with van der Waals surface area (Å²) in [4.78, 5) is 21.6. The number of aryl methyl sites for hydroxylation is 1. The van der Waals surface area contributed by atoms with Gasteiger partial charge in [-0.05, 0) is 36.5 Å². The van der Waals surface area contributed by atoms with Gasteiger partial charge >= 0.3 is 5.97 Å². The first-order valence-corrected chi connectivity index (χ1v) is 6.28. The smallest absolute Gasteiger partial charge is 0.303 e. The standard InChI is InChI=1S/C14H17NO3/c16-13-9-11-8-10(6-7-12(11)15-13)4-2-1-3-5-14(17)18/h6-8H,1-5,9H2,(H,15,16)(H,17,18). The van der Waals surface area contributed by atoms with Crippen molar-refractivity contribution >= 4 is 17.6 Å². The van der Waals surface area contributed by atoms with Gasteiger partial charge in [-0.2, -0.15) is 0 Å². The predicted octanol–water partition coefficient (Wildman–Crippen LogP) is 2.37. The van der Waals surface area contributed by atoms with Gasteiger partial charge in [-0.3, -0.25) is 9.59 Å². The molecule has 0 unspecified atom stereocenters. The Morgan fingerprint density at radius 1 is 1.28 bits per heavy atom. The number of carbonyl (C=O) groups is 2. The summed E-state index contributed by atoms with van der Waals surface area (Å²) in [5.41, 5.74) is 3.22. The first-order chi connectivity index (χ1) is 8.65. The van der Waals surface area contributed by atoms with Crippen LogP contribution in [0.1, 0.15) is 36.8 Å². The van der Waals surface area contributed by atoms with Crippen LogP contribution >= 0.6 is 0 Å². The number of nitrogens with one attached hydrogen (secondary N) is 1. The van der Waals surface area contributed by atoms with Crippen LogP contribution in [0.15, 0.2) is 18.2 Å². The van der Waals surface area contributed by atoms with Crippen molar-refractivity contribution in [3.05, 3.63) is 29.3 Å².